The molecule has 1 aromatic heterocycles. The van der Waals surface area contributed by atoms with Crippen LogP contribution in [0.5, 0.6) is 0 Å². The van der Waals surface area contributed by atoms with E-state index in [0.717, 1.165) is 5.56 Å². The average Bonchev–Trinajstić information content (AvgIpc) is 2.77. The number of aromatic nitrogens is 2. The number of rotatable bonds is 3. The lowest BCUT2D eigenvalue weighted by Crippen LogP contribution is -2.18. The minimum atomic E-state index is -0.422. The molecule has 0 aliphatic rings. The first-order chi connectivity index (χ1) is 8.54. The third-order valence-electron chi connectivity index (χ3n) is 2.72. The van der Waals surface area contributed by atoms with Crippen molar-refractivity contribution in [2.24, 2.45) is 7.05 Å². The zero-order chi connectivity index (χ0) is 13.3. The largest absolute Gasteiger partial charge is 0.309 e. The maximum atomic E-state index is 14.2. The lowest BCUT2D eigenvalue weighted by molar-refractivity contribution is 0.575. The summed E-state index contributed by atoms with van der Waals surface area (Å²) in [6.45, 7) is 0. The Balaban J connectivity index is 2.49. The molecule has 0 amide bonds. The SMILES string of the molecule is CNC(c1cnn(C)c1)c1ccc(Br)c(Cl)c1F. The van der Waals surface area contributed by atoms with Crippen LogP contribution in [0.2, 0.25) is 5.02 Å². The van der Waals surface area contributed by atoms with E-state index >= 15 is 0 Å². The first-order valence-electron chi connectivity index (χ1n) is 5.33. The van der Waals surface area contributed by atoms with E-state index in [-0.39, 0.29) is 11.1 Å². The zero-order valence-electron chi connectivity index (χ0n) is 9.92. The Bertz CT molecular complexity index is 570. The summed E-state index contributed by atoms with van der Waals surface area (Å²) in [5, 5.41) is 7.25. The highest BCUT2D eigenvalue weighted by Crippen LogP contribution is 2.32. The summed E-state index contributed by atoms with van der Waals surface area (Å²) in [7, 11) is 3.59. The summed E-state index contributed by atoms with van der Waals surface area (Å²) >= 11 is 9.11. The van der Waals surface area contributed by atoms with Crippen LogP contribution in [-0.2, 0) is 7.05 Å². The van der Waals surface area contributed by atoms with E-state index in [1.165, 1.54) is 0 Å². The van der Waals surface area contributed by atoms with Crippen molar-refractivity contribution in [1.29, 1.82) is 0 Å². The number of halogens is 3. The predicted octanol–water partition coefficient (Wildman–Crippen LogP) is 3.28. The van der Waals surface area contributed by atoms with Crippen LogP contribution in [0, 0.1) is 5.82 Å². The van der Waals surface area contributed by atoms with Crippen LogP contribution in [-0.4, -0.2) is 16.8 Å². The summed E-state index contributed by atoms with van der Waals surface area (Å²) < 4.78 is 16.4. The fourth-order valence-corrected chi connectivity index (χ4v) is 2.33. The molecule has 0 aliphatic heterocycles. The van der Waals surface area contributed by atoms with Gasteiger partial charge in [0.1, 0.15) is 5.82 Å². The molecule has 3 nitrogen and oxygen atoms in total. The number of aryl methyl sites for hydroxylation is 1. The summed E-state index contributed by atoms with van der Waals surface area (Å²) in [5.74, 6) is -0.422. The Labute approximate surface area is 118 Å². The molecule has 2 rings (SSSR count). The van der Waals surface area contributed by atoms with Gasteiger partial charge in [0.25, 0.3) is 0 Å². The normalized spacial score (nSPS) is 12.7. The van der Waals surface area contributed by atoms with Crippen molar-refractivity contribution in [3.05, 3.63) is 51.0 Å². The maximum Gasteiger partial charge on any atom is 0.148 e. The molecule has 0 radical (unpaired) electrons. The summed E-state index contributed by atoms with van der Waals surface area (Å²) in [6.07, 6.45) is 3.55. The van der Waals surface area contributed by atoms with Crippen LogP contribution < -0.4 is 5.32 Å². The van der Waals surface area contributed by atoms with Gasteiger partial charge in [0.05, 0.1) is 17.3 Å². The number of hydrogen-bond donors (Lipinski definition) is 1. The summed E-state index contributed by atoms with van der Waals surface area (Å²) in [6, 6.07) is 3.17. The minimum absolute atomic E-state index is 0.0941. The van der Waals surface area contributed by atoms with E-state index in [2.05, 4.69) is 26.3 Å². The molecule has 0 bridgehead atoms. The molecule has 0 spiro atoms. The van der Waals surface area contributed by atoms with Crippen molar-refractivity contribution >= 4 is 27.5 Å². The molecule has 1 atom stereocenters. The van der Waals surface area contributed by atoms with Gasteiger partial charge in [-0.2, -0.15) is 5.10 Å². The quantitative estimate of drug-likeness (QED) is 0.874. The van der Waals surface area contributed by atoms with Crippen molar-refractivity contribution in [3.63, 3.8) is 0 Å². The number of nitrogens with one attached hydrogen (secondary N) is 1. The standard InChI is InChI=1S/C12H12BrClFN3/c1-16-12(7-5-17-18(2)6-7)8-3-4-9(13)10(14)11(8)15/h3-6,12,16H,1-2H3. The van der Waals surface area contributed by atoms with E-state index in [9.17, 15) is 4.39 Å². The van der Waals surface area contributed by atoms with Gasteiger partial charge < -0.3 is 5.32 Å². The minimum Gasteiger partial charge on any atom is -0.309 e. The topological polar surface area (TPSA) is 29.9 Å². The van der Waals surface area contributed by atoms with Gasteiger partial charge in [-0.15, -0.1) is 0 Å². The second-order valence-electron chi connectivity index (χ2n) is 3.93. The third kappa shape index (κ3) is 2.43. The van der Waals surface area contributed by atoms with Gasteiger partial charge in [-0.1, -0.05) is 17.7 Å². The Morgan fingerprint density at radius 2 is 2.22 bits per heavy atom. The molecule has 1 unspecified atom stereocenters. The van der Waals surface area contributed by atoms with E-state index < -0.39 is 5.82 Å². The molecule has 0 saturated carbocycles. The highest BCUT2D eigenvalue weighted by molar-refractivity contribution is 9.10. The monoisotopic (exact) mass is 331 g/mol. The van der Waals surface area contributed by atoms with Crippen LogP contribution in [0.25, 0.3) is 0 Å². The lowest BCUT2D eigenvalue weighted by atomic mass is 10.0. The molecular formula is C12H12BrClFN3. The highest BCUT2D eigenvalue weighted by Gasteiger charge is 2.20. The van der Waals surface area contributed by atoms with Crippen LogP contribution in [0.3, 0.4) is 0 Å². The molecule has 6 heteroatoms. The second-order valence-corrected chi connectivity index (χ2v) is 5.17. The Morgan fingerprint density at radius 3 is 2.78 bits per heavy atom. The van der Waals surface area contributed by atoms with E-state index in [1.807, 2.05) is 13.2 Å². The molecule has 2 aromatic rings. The molecular weight excluding hydrogens is 321 g/mol. The molecule has 0 aliphatic carbocycles. The van der Waals surface area contributed by atoms with Crippen LogP contribution in [0.4, 0.5) is 4.39 Å². The van der Waals surface area contributed by atoms with Crippen molar-refractivity contribution < 1.29 is 4.39 Å². The molecule has 1 N–H and O–H groups in total. The smallest absolute Gasteiger partial charge is 0.148 e. The fourth-order valence-electron chi connectivity index (χ4n) is 1.85. The van der Waals surface area contributed by atoms with Crippen LogP contribution in [0.1, 0.15) is 17.2 Å². The van der Waals surface area contributed by atoms with Gasteiger partial charge in [0.15, 0.2) is 0 Å². The molecule has 0 fully saturated rings. The van der Waals surface area contributed by atoms with E-state index in [0.29, 0.717) is 10.0 Å². The van der Waals surface area contributed by atoms with Gasteiger partial charge >= 0.3 is 0 Å². The maximum absolute atomic E-state index is 14.2. The van der Waals surface area contributed by atoms with E-state index in [4.69, 9.17) is 11.6 Å². The number of benzene rings is 1. The number of hydrogen-bond acceptors (Lipinski definition) is 2. The van der Waals surface area contributed by atoms with Crippen LogP contribution in [0.15, 0.2) is 29.0 Å². The third-order valence-corrected chi connectivity index (χ3v) is 3.98. The Morgan fingerprint density at radius 1 is 1.50 bits per heavy atom. The van der Waals surface area contributed by atoms with Crippen molar-refractivity contribution in [3.8, 4) is 0 Å². The molecule has 0 saturated heterocycles. The van der Waals surface area contributed by atoms with Gasteiger partial charge in [-0.05, 0) is 29.0 Å². The Hall–Kier alpha value is -0.910. The van der Waals surface area contributed by atoms with E-state index in [1.54, 1.807) is 30.1 Å². The lowest BCUT2D eigenvalue weighted by Gasteiger charge is -2.16. The van der Waals surface area contributed by atoms with Crippen LogP contribution >= 0.6 is 27.5 Å². The summed E-state index contributed by atoms with van der Waals surface area (Å²) in [5.41, 5.74) is 1.39. The average molecular weight is 333 g/mol. The number of nitrogens with zero attached hydrogens (tertiary/aromatic N) is 2. The first-order valence-corrected chi connectivity index (χ1v) is 6.51. The molecule has 18 heavy (non-hydrogen) atoms. The van der Waals surface area contributed by atoms with Crippen molar-refractivity contribution in [2.45, 2.75) is 6.04 Å². The zero-order valence-corrected chi connectivity index (χ0v) is 12.3. The molecule has 96 valence electrons. The van der Waals surface area contributed by atoms with Gasteiger partial charge in [-0.25, -0.2) is 4.39 Å². The Kier molecular flexibility index (Phi) is 4.04. The first kappa shape index (κ1) is 13.5. The van der Waals surface area contributed by atoms with Gasteiger partial charge in [0.2, 0.25) is 0 Å². The van der Waals surface area contributed by atoms with Crippen molar-refractivity contribution in [1.82, 2.24) is 15.1 Å². The second kappa shape index (κ2) is 5.38. The fraction of sp³-hybridized carbons (Fsp3) is 0.250. The highest BCUT2D eigenvalue weighted by atomic mass is 79.9. The van der Waals surface area contributed by atoms with Gasteiger partial charge in [-0.3, -0.25) is 4.68 Å². The predicted molar refractivity (Wildman–Crippen MR) is 73.2 cm³/mol. The molecule has 1 aromatic carbocycles. The van der Waals surface area contributed by atoms with Crippen molar-refractivity contribution in [2.75, 3.05) is 7.05 Å². The van der Waals surface area contributed by atoms with Gasteiger partial charge in [0, 0.05) is 28.8 Å². The molecule has 1 heterocycles. The summed E-state index contributed by atoms with van der Waals surface area (Å²) in [4.78, 5) is 0.